The molecule has 6 heteroatoms. The largest absolute Gasteiger partial charge is 0.377 e. The molecule has 104 valence electrons. The summed E-state index contributed by atoms with van der Waals surface area (Å²) in [5.41, 5.74) is 0. The van der Waals surface area contributed by atoms with E-state index < -0.39 is 0 Å². The summed E-state index contributed by atoms with van der Waals surface area (Å²) in [4.78, 5) is 20.3. The van der Waals surface area contributed by atoms with E-state index in [4.69, 9.17) is 4.74 Å². The Hall–Kier alpha value is -1.40. The number of piperazine rings is 1. The van der Waals surface area contributed by atoms with Gasteiger partial charge in [-0.25, -0.2) is 9.78 Å². The van der Waals surface area contributed by atoms with Gasteiger partial charge in [-0.3, -0.25) is 9.47 Å². The minimum Gasteiger partial charge on any atom is -0.377 e. The molecule has 1 aromatic heterocycles. The number of carbonyl (C=O) groups excluding carboxylic acids is 1. The summed E-state index contributed by atoms with van der Waals surface area (Å²) in [6.45, 7) is 5.34. The lowest BCUT2D eigenvalue weighted by atomic mass is 10.2. The lowest BCUT2D eigenvalue weighted by molar-refractivity contribution is 0.0562. The maximum absolute atomic E-state index is 12.1. The van der Waals surface area contributed by atoms with Crippen molar-refractivity contribution in [2.24, 2.45) is 0 Å². The van der Waals surface area contributed by atoms with Gasteiger partial charge in [-0.15, -0.1) is 0 Å². The van der Waals surface area contributed by atoms with Crippen molar-refractivity contribution in [2.75, 3.05) is 39.3 Å². The molecule has 3 heterocycles. The zero-order chi connectivity index (χ0) is 13.1. The van der Waals surface area contributed by atoms with E-state index in [0.717, 1.165) is 39.3 Å². The van der Waals surface area contributed by atoms with Gasteiger partial charge >= 0.3 is 6.03 Å². The third-order valence-corrected chi connectivity index (χ3v) is 3.85. The fourth-order valence-electron chi connectivity index (χ4n) is 2.73. The molecule has 0 spiro atoms. The van der Waals surface area contributed by atoms with Crippen LogP contribution in [0.25, 0.3) is 0 Å². The van der Waals surface area contributed by atoms with Crippen LogP contribution in [-0.4, -0.2) is 70.8 Å². The molecule has 19 heavy (non-hydrogen) atoms. The van der Waals surface area contributed by atoms with Crippen molar-refractivity contribution < 1.29 is 9.53 Å². The minimum atomic E-state index is 0.0225. The van der Waals surface area contributed by atoms with Crippen LogP contribution in [-0.2, 0) is 4.74 Å². The summed E-state index contributed by atoms with van der Waals surface area (Å²) < 4.78 is 7.19. The minimum absolute atomic E-state index is 0.0225. The number of imidazole rings is 1. The van der Waals surface area contributed by atoms with Crippen LogP contribution < -0.4 is 0 Å². The number of nitrogens with zero attached hydrogens (tertiary/aromatic N) is 4. The molecule has 0 N–H and O–H groups in total. The quantitative estimate of drug-likeness (QED) is 0.787. The van der Waals surface area contributed by atoms with E-state index in [2.05, 4.69) is 9.88 Å². The van der Waals surface area contributed by atoms with Crippen LogP contribution >= 0.6 is 0 Å². The van der Waals surface area contributed by atoms with Gasteiger partial charge in [0, 0.05) is 51.7 Å². The lowest BCUT2D eigenvalue weighted by Gasteiger charge is -2.35. The van der Waals surface area contributed by atoms with Crippen LogP contribution in [0.2, 0.25) is 0 Å². The second kappa shape index (κ2) is 5.71. The normalized spacial score (nSPS) is 24.8. The molecule has 1 amide bonds. The molecule has 2 fully saturated rings. The Morgan fingerprint density at radius 1 is 1.32 bits per heavy atom. The van der Waals surface area contributed by atoms with Crippen LogP contribution in [0.5, 0.6) is 0 Å². The highest BCUT2D eigenvalue weighted by atomic mass is 16.5. The van der Waals surface area contributed by atoms with E-state index in [1.165, 1.54) is 17.4 Å². The summed E-state index contributed by atoms with van der Waals surface area (Å²) >= 11 is 0. The smallest absolute Gasteiger partial charge is 0.329 e. The summed E-state index contributed by atoms with van der Waals surface area (Å²) in [7, 11) is 0. The Morgan fingerprint density at radius 3 is 2.79 bits per heavy atom. The van der Waals surface area contributed by atoms with E-state index in [-0.39, 0.29) is 6.03 Å². The summed E-state index contributed by atoms with van der Waals surface area (Å²) in [5, 5.41) is 0. The van der Waals surface area contributed by atoms with Gasteiger partial charge in [-0.1, -0.05) is 0 Å². The molecule has 2 saturated heterocycles. The van der Waals surface area contributed by atoms with E-state index in [0.29, 0.717) is 6.10 Å². The van der Waals surface area contributed by atoms with Gasteiger partial charge in [0.25, 0.3) is 0 Å². The highest BCUT2D eigenvalue weighted by molar-refractivity contribution is 5.76. The molecule has 1 aromatic rings. The molecular formula is C13H20N4O2. The number of carbonyl (C=O) groups is 1. The van der Waals surface area contributed by atoms with E-state index in [1.54, 1.807) is 18.7 Å². The zero-order valence-corrected chi connectivity index (χ0v) is 11.1. The van der Waals surface area contributed by atoms with Crippen LogP contribution in [0.1, 0.15) is 12.8 Å². The molecule has 0 saturated carbocycles. The van der Waals surface area contributed by atoms with Gasteiger partial charge in [0.1, 0.15) is 6.33 Å². The second-order valence-corrected chi connectivity index (χ2v) is 5.18. The first-order valence-corrected chi connectivity index (χ1v) is 6.94. The Labute approximate surface area is 113 Å². The fourth-order valence-corrected chi connectivity index (χ4v) is 2.73. The molecule has 2 aliphatic heterocycles. The number of ether oxygens (including phenoxy) is 1. The van der Waals surface area contributed by atoms with Crippen molar-refractivity contribution >= 4 is 6.03 Å². The SMILES string of the molecule is O=C(N1CCN(C[C@H]2CCCO2)CC1)n1ccnc1. The predicted octanol–water partition coefficient (Wildman–Crippen LogP) is 0.648. The number of amides is 1. The second-order valence-electron chi connectivity index (χ2n) is 5.18. The Kier molecular flexibility index (Phi) is 3.79. The Balaban J connectivity index is 1.47. The zero-order valence-electron chi connectivity index (χ0n) is 11.1. The summed E-state index contributed by atoms with van der Waals surface area (Å²) in [6, 6.07) is 0.0225. The van der Waals surface area contributed by atoms with Gasteiger partial charge in [0.15, 0.2) is 0 Å². The molecule has 0 bridgehead atoms. The molecule has 3 rings (SSSR count). The van der Waals surface area contributed by atoms with Crippen LogP contribution in [0, 0.1) is 0 Å². The first-order chi connectivity index (χ1) is 9.33. The average Bonchev–Trinajstić information content (AvgIpc) is 3.12. The van der Waals surface area contributed by atoms with Crippen LogP contribution in [0.15, 0.2) is 18.7 Å². The molecule has 0 aromatic carbocycles. The molecule has 0 unspecified atom stereocenters. The number of hydrogen-bond acceptors (Lipinski definition) is 4. The molecule has 1 atom stereocenters. The first kappa shape index (κ1) is 12.6. The molecule has 6 nitrogen and oxygen atoms in total. The molecular weight excluding hydrogens is 244 g/mol. The Morgan fingerprint density at radius 2 is 2.16 bits per heavy atom. The lowest BCUT2D eigenvalue weighted by Crippen LogP contribution is -2.51. The number of rotatable bonds is 2. The van der Waals surface area contributed by atoms with Gasteiger partial charge in [0.2, 0.25) is 0 Å². The average molecular weight is 264 g/mol. The summed E-state index contributed by atoms with van der Waals surface area (Å²) in [6.07, 6.45) is 7.64. The summed E-state index contributed by atoms with van der Waals surface area (Å²) in [5.74, 6) is 0. The van der Waals surface area contributed by atoms with Crippen LogP contribution in [0.4, 0.5) is 4.79 Å². The van der Waals surface area contributed by atoms with Crippen LogP contribution in [0.3, 0.4) is 0 Å². The fraction of sp³-hybridized carbons (Fsp3) is 0.692. The number of aromatic nitrogens is 2. The molecule has 2 aliphatic rings. The highest BCUT2D eigenvalue weighted by Gasteiger charge is 2.25. The van der Waals surface area contributed by atoms with Crippen molar-refractivity contribution in [3.8, 4) is 0 Å². The van der Waals surface area contributed by atoms with Crippen molar-refractivity contribution in [3.05, 3.63) is 18.7 Å². The topological polar surface area (TPSA) is 50.6 Å². The maximum atomic E-state index is 12.1. The van der Waals surface area contributed by atoms with Crippen molar-refractivity contribution in [1.82, 2.24) is 19.4 Å². The third kappa shape index (κ3) is 2.96. The Bertz CT molecular complexity index is 406. The van der Waals surface area contributed by atoms with Gasteiger partial charge in [-0.05, 0) is 12.8 Å². The molecule has 0 radical (unpaired) electrons. The molecule has 0 aliphatic carbocycles. The predicted molar refractivity (Wildman–Crippen MR) is 70.0 cm³/mol. The van der Waals surface area contributed by atoms with E-state index in [9.17, 15) is 4.79 Å². The van der Waals surface area contributed by atoms with Gasteiger partial charge < -0.3 is 9.64 Å². The van der Waals surface area contributed by atoms with E-state index in [1.807, 2.05) is 4.90 Å². The van der Waals surface area contributed by atoms with E-state index >= 15 is 0 Å². The first-order valence-electron chi connectivity index (χ1n) is 6.94. The number of hydrogen-bond donors (Lipinski definition) is 0. The highest BCUT2D eigenvalue weighted by Crippen LogP contribution is 2.14. The monoisotopic (exact) mass is 264 g/mol. The standard InChI is InChI=1S/C13H20N4O2/c18-13(17-4-3-14-11-17)16-7-5-15(6-8-16)10-12-2-1-9-19-12/h3-4,11-12H,1-2,5-10H2/t12-/m1/s1. The van der Waals surface area contributed by atoms with Gasteiger partial charge in [0.05, 0.1) is 6.10 Å². The van der Waals surface area contributed by atoms with Crippen molar-refractivity contribution in [3.63, 3.8) is 0 Å². The maximum Gasteiger partial charge on any atom is 0.329 e. The third-order valence-electron chi connectivity index (χ3n) is 3.85. The van der Waals surface area contributed by atoms with Crippen molar-refractivity contribution in [1.29, 1.82) is 0 Å². The van der Waals surface area contributed by atoms with Crippen molar-refractivity contribution in [2.45, 2.75) is 18.9 Å². The van der Waals surface area contributed by atoms with Gasteiger partial charge in [-0.2, -0.15) is 0 Å².